The van der Waals surface area contributed by atoms with Gasteiger partial charge in [0.1, 0.15) is 9.71 Å². The second kappa shape index (κ2) is 8.87. The van der Waals surface area contributed by atoms with Gasteiger partial charge >= 0.3 is 0 Å². The Morgan fingerprint density at radius 1 is 0.879 bits per heavy atom. The van der Waals surface area contributed by atoms with Gasteiger partial charge in [-0.05, 0) is 35.4 Å². The van der Waals surface area contributed by atoms with Gasteiger partial charge in [0, 0.05) is 16.0 Å². The maximum absolute atomic E-state index is 13.1. The average Bonchev–Trinajstić information content (AvgIpc) is 3.18. The normalized spacial score (nSPS) is 11.0. The van der Waals surface area contributed by atoms with E-state index >= 15 is 0 Å². The summed E-state index contributed by atoms with van der Waals surface area (Å²) in [5.41, 5.74) is 11.1. The number of thiophene rings is 1. The molecule has 0 saturated carbocycles. The maximum Gasteiger partial charge on any atom is 0.267 e. The van der Waals surface area contributed by atoms with Crippen molar-refractivity contribution in [2.75, 3.05) is 11.1 Å². The molecule has 0 aliphatic heterocycles. The highest BCUT2D eigenvalue weighted by molar-refractivity contribution is 7.21. The van der Waals surface area contributed by atoms with Crippen molar-refractivity contribution in [2.24, 2.45) is 0 Å². The molecule has 33 heavy (non-hydrogen) atoms. The molecule has 0 radical (unpaired) electrons. The number of fused-ring (bicyclic) bond motifs is 1. The Morgan fingerprint density at radius 3 is 2.21 bits per heavy atom. The number of carbonyl (C=O) groups is 1. The number of nitrogen functional groups attached to an aromatic ring is 1. The summed E-state index contributed by atoms with van der Waals surface area (Å²) in [6.45, 7) is 0. The van der Waals surface area contributed by atoms with Gasteiger partial charge in [-0.15, -0.1) is 11.3 Å². The quantitative estimate of drug-likeness (QED) is 0.270. The van der Waals surface area contributed by atoms with Gasteiger partial charge < -0.3 is 11.1 Å². The molecule has 0 atom stereocenters. The van der Waals surface area contributed by atoms with E-state index in [1.54, 1.807) is 18.2 Å². The van der Waals surface area contributed by atoms with Crippen LogP contribution in [0.1, 0.15) is 9.67 Å². The van der Waals surface area contributed by atoms with E-state index in [1.807, 2.05) is 66.7 Å². The van der Waals surface area contributed by atoms with Crippen LogP contribution in [0.5, 0.6) is 0 Å². The van der Waals surface area contributed by atoms with Crippen LogP contribution >= 0.6 is 34.5 Å². The van der Waals surface area contributed by atoms with Gasteiger partial charge in [-0.2, -0.15) is 0 Å². The van der Waals surface area contributed by atoms with Crippen molar-refractivity contribution in [1.82, 2.24) is 4.98 Å². The molecule has 3 aromatic carbocycles. The van der Waals surface area contributed by atoms with Crippen molar-refractivity contribution in [1.29, 1.82) is 0 Å². The van der Waals surface area contributed by atoms with Crippen molar-refractivity contribution in [3.8, 4) is 22.4 Å². The van der Waals surface area contributed by atoms with Crippen LogP contribution in [0.3, 0.4) is 0 Å². The monoisotopic (exact) mass is 489 g/mol. The smallest absolute Gasteiger partial charge is 0.267 e. The zero-order chi connectivity index (χ0) is 22.9. The standard InChI is InChI=1S/C26H17Cl2N3OS/c27-17-11-12-20(19(28)13-17)30-25(32)24-23(29)22-18(15-7-3-1-4-8-15)14-21(31-26(22)33-24)16-9-5-2-6-10-16/h1-14H,29H2,(H,30,32). The minimum atomic E-state index is -0.347. The van der Waals surface area contributed by atoms with Crippen LogP contribution in [0.4, 0.5) is 11.4 Å². The molecule has 2 heterocycles. The van der Waals surface area contributed by atoms with E-state index in [4.69, 9.17) is 33.9 Å². The van der Waals surface area contributed by atoms with Gasteiger partial charge in [-0.3, -0.25) is 4.79 Å². The van der Waals surface area contributed by atoms with Crippen molar-refractivity contribution in [2.45, 2.75) is 0 Å². The molecule has 7 heteroatoms. The van der Waals surface area contributed by atoms with Gasteiger partial charge in [0.15, 0.2) is 0 Å². The van der Waals surface area contributed by atoms with Crippen LogP contribution in [0.2, 0.25) is 10.0 Å². The predicted octanol–water partition coefficient (Wildman–Crippen LogP) is 7.77. The number of benzene rings is 3. The van der Waals surface area contributed by atoms with Crippen LogP contribution in [0, 0.1) is 0 Å². The van der Waals surface area contributed by atoms with Crippen molar-refractivity contribution in [3.05, 3.63) is 99.9 Å². The summed E-state index contributed by atoms with van der Waals surface area (Å²) >= 11 is 13.5. The molecule has 5 rings (SSSR count). The molecule has 0 aliphatic rings. The van der Waals surface area contributed by atoms with Crippen LogP contribution in [-0.4, -0.2) is 10.9 Å². The average molecular weight is 490 g/mol. The number of nitrogens with two attached hydrogens (primary N) is 1. The fourth-order valence-corrected chi connectivity index (χ4v) is 5.13. The number of hydrogen-bond donors (Lipinski definition) is 2. The lowest BCUT2D eigenvalue weighted by atomic mass is 9.99. The van der Waals surface area contributed by atoms with E-state index in [9.17, 15) is 4.79 Å². The first kappa shape index (κ1) is 21.5. The molecule has 2 aromatic heterocycles. The highest BCUT2D eigenvalue weighted by Crippen LogP contribution is 2.41. The Labute approximate surface area is 204 Å². The van der Waals surface area contributed by atoms with Crippen molar-refractivity contribution >= 4 is 62.0 Å². The van der Waals surface area contributed by atoms with Crippen LogP contribution in [-0.2, 0) is 0 Å². The first-order chi connectivity index (χ1) is 16.0. The third-order valence-corrected chi connectivity index (χ3v) is 6.88. The SMILES string of the molecule is Nc1c(C(=O)Nc2ccc(Cl)cc2Cl)sc2nc(-c3ccccc3)cc(-c3ccccc3)c12. The zero-order valence-electron chi connectivity index (χ0n) is 17.2. The summed E-state index contributed by atoms with van der Waals surface area (Å²) in [5, 5.41) is 4.44. The van der Waals surface area contributed by atoms with Crippen LogP contribution < -0.4 is 11.1 Å². The topological polar surface area (TPSA) is 68.0 Å². The molecule has 5 aromatic rings. The summed E-state index contributed by atoms with van der Waals surface area (Å²) in [5.74, 6) is -0.347. The number of rotatable bonds is 4. The van der Waals surface area contributed by atoms with Crippen LogP contribution in [0.25, 0.3) is 32.6 Å². The lowest BCUT2D eigenvalue weighted by molar-refractivity contribution is 0.103. The number of hydrogen-bond acceptors (Lipinski definition) is 4. The largest absolute Gasteiger partial charge is 0.397 e. The summed E-state index contributed by atoms with van der Waals surface area (Å²) in [6.07, 6.45) is 0. The third-order valence-electron chi connectivity index (χ3n) is 5.24. The lowest BCUT2D eigenvalue weighted by Crippen LogP contribution is -2.12. The second-order valence-corrected chi connectivity index (χ2v) is 9.23. The Kier molecular flexibility index (Phi) is 5.77. The number of halogens is 2. The second-order valence-electron chi connectivity index (χ2n) is 7.39. The fraction of sp³-hybridized carbons (Fsp3) is 0. The summed E-state index contributed by atoms with van der Waals surface area (Å²) in [7, 11) is 0. The van der Waals surface area contributed by atoms with E-state index < -0.39 is 0 Å². The molecule has 0 aliphatic carbocycles. The van der Waals surface area contributed by atoms with Gasteiger partial charge in [0.2, 0.25) is 0 Å². The van der Waals surface area contributed by atoms with Gasteiger partial charge in [-0.25, -0.2) is 4.98 Å². The number of amides is 1. The van der Waals surface area contributed by atoms with Crippen LogP contribution in [0.15, 0.2) is 84.9 Å². The lowest BCUT2D eigenvalue weighted by Gasteiger charge is -2.09. The number of anilines is 2. The molecule has 0 bridgehead atoms. The molecule has 1 amide bonds. The summed E-state index contributed by atoms with van der Waals surface area (Å²) in [6, 6.07) is 26.8. The Hall–Kier alpha value is -3.38. The highest BCUT2D eigenvalue weighted by Gasteiger charge is 2.22. The van der Waals surface area contributed by atoms with Crippen molar-refractivity contribution < 1.29 is 4.79 Å². The summed E-state index contributed by atoms with van der Waals surface area (Å²) < 4.78 is 0. The third kappa shape index (κ3) is 4.18. The molecule has 0 spiro atoms. The summed E-state index contributed by atoms with van der Waals surface area (Å²) in [4.78, 5) is 19.1. The van der Waals surface area contributed by atoms with Gasteiger partial charge in [0.25, 0.3) is 5.91 Å². The number of carbonyl (C=O) groups excluding carboxylic acids is 1. The van der Waals surface area contributed by atoms with Gasteiger partial charge in [0.05, 0.1) is 22.1 Å². The Balaban J connectivity index is 1.66. The molecule has 0 saturated heterocycles. The van der Waals surface area contributed by atoms with E-state index in [-0.39, 0.29) is 5.91 Å². The van der Waals surface area contributed by atoms with E-state index in [1.165, 1.54) is 11.3 Å². The van der Waals surface area contributed by atoms with E-state index in [0.29, 0.717) is 31.1 Å². The molecular formula is C26H17Cl2N3OS. The zero-order valence-corrected chi connectivity index (χ0v) is 19.5. The first-order valence-corrected chi connectivity index (χ1v) is 11.7. The molecule has 4 nitrogen and oxygen atoms in total. The molecule has 162 valence electrons. The molecule has 0 unspecified atom stereocenters. The number of pyridine rings is 1. The Bertz CT molecular complexity index is 1480. The highest BCUT2D eigenvalue weighted by atomic mass is 35.5. The number of nitrogens with zero attached hydrogens (tertiary/aromatic N) is 1. The van der Waals surface area contributed by atoms with Crippen molar-refractivity contribution in [3.63, 3.8) is 0 Å². The Morgan fingerprint density at radius 2 is 1.55 bits per heavy atom. The number of aromatic nitrogens is 1. The first-order valence-electron chi connectivity index (χ1n) is 10.1. The maximum atomic E-state index is 13.1. The molecule has 3 N–H and O–H groups in total. The molecule has 0 fully saturated rings. The fourth-order valence-electron chi connectivity index (χ4n) is 3.66. The van der Waals surface area contributed by atoms with E-state index in [2.05, 4.69) is 5.32 Å². The number of nitrogens with one attached hydrogen (secondary N) is 1. The van der Waals surface area contributed by atoms with E-state index in [0.717, 1.165) is 27.8 Å². The molecular weight excluding hydrogens is 473 g/mol. The minimum absolute atomic E-state index is 0.347. The minimum Gasteiger partial charge on any atom is -0.397 e. The van der Waals surface area contributed by atoms with Gasteiger partial charge in [-0.1, -0.05) is 83.9 Å². The predicted molar refractivity (Wildman–Crippen MR) is 139 cm³/mol.